The maximum absolute atomic E-state index is 6.15. The first-order valence-corrected chi connectivity index (χ1v) is 6.11. The Balaban J connectivity index is 2.83. The van der Waals surface area contributed by atoms with Crippen LogP contribution in [0.5, 0.6) is 0 Å². The maximum atomic E-state index is 6.15. The van der Waals surface area contributed by atoms with Crippen LogP contribution in [0, 0.1) is 0 Å². The Morgan fingerprint density at radius 1 is 1.62 bits per heavy atom. The highest BCUT2D eigenvalue weighted by Crippen LogP contribution is 2.23. The minimum absolute atomic E-state index is 0.742. The molecule has 0 radical (unpaired) electrons. The van der Waals surface area contributed by atoms with E-state index in [4.69, 9.17) is 11.6 Å². The number of rotatable bonds is 6. The molecule has 1 aromatic rings. The largest absolute Gasteiger partial charge is 0.319 e. The fourth-order valence-electron chi connectivity index (χ4n) is 1.67. The Morgan fingerprint density at radius 2 is 2.38 bits per heavy atom. The van der Waals surface area contributed by atoms with E-state index in [1.165, 1.54) is 5.57 Å². The molecule has 0 atom stereocenters. The van der Waals surface area contributed by atoms with Gasteiger partial charge in [-0.1, -0.05) is 24.6 Å². The second-order valence-electron chi connectivity index (χ2n) is 3.84. The lowest BCUT2D eigenvalue weighted by molar-refractivity contribution is 0.596. The average Bonchev–Trinajstić information content (AvgIpc) is 2.61. The molecule has 0 aliphatic rings. The lowest BCUT2D eigenvalue weighted by Gasteiger charge is -2.07. The summed E-state index contributed by atoms with van der Waals surface area (Å²) in [5.41, 5.74) is 2.26. The molecule has 0 spiro atoms. The molecule has 0 saturated heterocycles. The number of aryl methyl sites for hydroxylation is 1. The summed E-state index contributed by atoms with van der Waals surface area (Å²) in [4.78, 5) is 0. The molecule has 0 bridgehead atoms. The van der Waals surface area contributed by atoms with Crippen molar-refractivity contribution >= 4 is 17.2 Å². The van der Waals surface area contributed by atoms with E-state index in [1.54, 1.807) is 6.20 Å². The highest BCUT2D eigenvalue weighted by atomic mass is 35.5. The maximum Gasteiger partial charge on any atom is 0.0862 e. The molecular weight excluding hydrogens is 222 g/mol. The summed E-state index contributed by atoms with van der Waals surface area (Å²) in [5, 5.41) is 8.15. The van der Waals surface area contributed by atoms with Gasteiger partial charge in [-0.05, 0) is 38.9 Å². The third kappa shape index (κ3) is 3.35. The standard InChI is InChI=1S/C12H20ClN3/c1-4-8-16-12(11(13)9-15-16)10(2)6-5-7-14-3/h6,9,14H,4-5,7-8H2,1-3H3. The molecular formula is C12H20ClN3. The van der Waals surface area contributed by atoms with E-state index < -0.39 is 0 Å². The van der Waals surface area contributed by atoms with Crippen LogP contribution in [0.2, 0.25) is 5.02 Å². The molecule has 1 rings (SSSR count). The molecule has 0 amide bonds. The zero-order valence-electron chi connectivity index (χ0n) is 10.3. The van der Waals surface area contributed by atoms with Gasteiger partial charge in [-0.2, -0.15) is 5.10 Å². The van der Waals surface area contributed by atoms with Crippen LogP contribution in [0.3, 0.4) is 0 Å². The molecule has 3 nitrogen and oxygen atoms in total. The first kappa shape index (κ1) is 13.3. The quantitative estimate of drug-likeness (QED) is 0.777. The smallest absolute Gasteiger partial charge is 0.0862 e. The van der Waals surface area contributed by atoms with Crippen LogP contribution in [0.1, 0.15) is 32.4 Å². The fraction of sp³-hybridized carbons (Fsp3) is 0.583. The number of halogens is 1. The van der Waals surface area contributed by atoms with E-state index in [0.29, 0.717) is 0 Å². The Labute approximate surface area is 102 Å². The fourth-order valence-corrected chi connectivity index (χ4v) is 1.96. The van der Waals surface area contributed by atoms with Crippen LogP contribution >= 0.6 is 11.6 Å². The molecule has 0 saturated carbocycles. The Morgan fingerprint density at radius 3 is 3.00 bits per heavy atom. The zero-order chi connectivity index (χ0) is 12.0. The van der Waals surface area contributed by atoms with Crippen molar-refractivity contribution in [2.75, 3.05) is 13.6 Å². The van der Waals surface area contributed by atoms with Gasteiger partial charge in [-0.25, -0.2) is 0 Å². The molecule has 0 fully saturated rings. The number of aromatic nitrogens is 2. The third-order valence-electron chi connectivity index (χ3n) is 2.45. The Bertz CT molecular complexity index is 355. The summed E-state index contributed by atoms with van der Waals surface area (Å²) in [6, 6.07) is 0. The minimum atomic E-state index is 0.742. The van der Waals surface area contributed by atoms with Gasteiger partial charge in [0.15, 0.2) is 0 Å². The number of hydrogen-bond donors (Lipinski definition) is 1. The summed E-state index contributed by atoms with van der Waals surface area (Å²) in [6.07, 6.45) is 6.00. The highest BCUT2D eigenvalue weighted by molar-refractivity contribution is 6.32. The van der Waals surface area contributed by atoms with E-state index >= 15 is 0 Å². The topological polar surface area (TPSA) is 29.9 Å². The van der Waals surface area contributed by atoms with Gasteiger partial charge in [-0.3, -0.25) is 4.68 Å². The van der Waals surface area contributed by atoms with E-state index in [9.17, 15) is 0 Å². The van der Waals surface area contributed by atoms with Gasteiger partial charge >= 0.3 is 0 Å². The molecule has 1 heterocycles. The molecule has 1 aromatic heterocycles. The van der Waals surface area contributed by atoms with Crippen molar-refractivity contribution in [1.82, 2.24) is 15.1 Å². The highest BCUT2D eigenvalue weighted by Gasteiger charge is 2.09. The van der Waals surface area contributed by atoms with E-state index in [-0.39, 0.29) is 0 Å². The van der Waals surface area contributed by atoms with Gasteiger partial charge in [0.05, 0.1) is 16.9 Å². The van der Waals surface area contributed by atoms with Crippen molar-refractivity contribution in [3.63, 3.8) is 0 Å². The summed E-state index contributed by atoms with van der Waals surface area (Å²) in [6.45, 7) is 6.13. The van der Waals surface area contributed by atoms with Crippen molar-refractivity contribution < 1.29 is 0 Å². The summed E-state index contributed by atoms with van der Waals surface area (Å²) >= 11 is 6.15. The van der Waals surface area contributed by atoms with Crippen LogP contribution in [0.15, 0.2) is 12.3 Å². The van der Waals surface area contributed by atoms with Gasteiger partial charge < -0.3 is 5.32 Å². The third-order valence-corrected chi connectivity index (χ3v) is 2.73. The van der Waals surface area contributed by atoms with Crippen LogP contribution < -0.4 is 5.32 Å². The SMILES string of the molecule is CCCn1ncc(Cl)c1C(C)=CCCNC. The molecule has 0 aliphatic carbocycles. The molecule has 0 unspecified atom stereocenters. The van der Waals surface area contributed by atoms with Crippen molar-refractivity contribution in [2.45, 2.75) is 33.2 Å². The van der Waals surface area contributed by atoms with Crippen molar-refractivity contribution in [3.05, 3.63) is 23.0 Å². The monoisotopic (exact) mass is 241 g/mol. The molecule has 4 heteroatoms. The number of nitrogens with zero attached hydrogens (tertiary/aromatic N) is 2. The molecule has 0 aliphatic heterocycles. The predicted octanol–water partition coefficient (Wildman–Crippen LogP) is 2.96. The van der Waals surface area contributed by atoms with Gasteiger partial charge in [-0.15, -0.1) is 0 Å². The Hall–Kier alpha value is -0.800. The van der Waals surface area contributed by atoms with Gasteiger partial charge in [0.1, 0.15) is 0 Å². The number of allylic oxidation sites excluding steroid dienone is 1. The summed E-state index contributed by atoms with van der Waals surface area (Å²) in [5.74, 6) is 0. The first-order valence-electron chi connectivity index (χ1n) is 5.73. The summed E-state index contributed by atoms with van der Waals surface area (Å²) < 4.78 is 1.98. The predicted molar refractivity (Wildman–Crippen MR) is 69.7 cm³/mol. The zero-order valence-corrected chi connectivity index (χ0v) is 11.0. The van der Waals surface area contributed by atoms with Gasteiger partial charge in [0.25, 0.3) is 0 Å². The second-order valence-corrected chi connectivity index (χ2v) is 4.25. The molecule has 90 valence electrons. The van der Waals surface area contributed by atoms with Gasteiger partial charge in [0.2, 0.25) is 0 Å². The minimum Gasteiger partial charge on any atom is -0.319 e. The van der Waals surface area contributed by atoms with E-state index in [2.05, 4.69) is 30.3 Å². The first-order chi connectivity index (χ1) is 7.70. The molecule has 16 heavy (non-hydrogen) atoms. The van der Waals surface area contributed by atoms with E-state index in [1.807, 2.05) is 11.7 Å². The normalized spacial score (nSPS) is 12.1. The lowest BCUT2D eigenvalue weighted by Crippen LogP contribution is -2.07. The molecule has 1 N–H and O–H groups in total. The van der Waals surface area contributed by atoms with Crippen LogP contribution in [-0.2, 0) is 6.54 Å². The van der Waals surface area contributed by atoms with Crippen LogP contribution in [0.4, 0.5) is 0 Å². The average molecular weight is 242 g/mol. The summed E-state index contributed by atoms with van der Waals surface area (Å²) in [7, 11) is 1.96. The van der Waals surface area contributed by atoms with Crippen molar-refractivity contribution in [2.24, 2.45) is 0 Å². The van der Waals surface area contributed by atoms with Crippen molar-refractivity contribution in [3.8, 4) is 0 Å². The van der Waals surface area contributed by atoms with Crippen molar-refractivity contribution in [1.29, 1.82) is 0 Å². The second kappa shape index (κ2) is 6.71. The molecule has 0 aromatic carbocycles. The lowest BCUT2D eigenvalue weighted by atomic mass is 10.1. The van der Waals surface area contributed by atoms with Crippen LogP contribution in [-0.4, -0.2) is 23.4 Å². The number of nitrogens with one attached hydrogen (secondary N) is 1. The Kier molecular flexibility index (Phi) is 5.56. The van der Waals surface area contributed by atoms with Gasteiger partial charge in [0, 0.05) is 6.54 Å². The number of hydrogen-bond acceptors (Lipinski definition) is 2. The van der Waals surface area contributed by atoms with Crippen LogP contribution in [0.25, 0.3) is 5.57 Å². The van der Waals surface area contributed by atoms with E-state index in [0.717, 1.165) is 36.6 Å².